The summed E-state index contributed by atoms with van der Waals surface area (Å²) in [6, 6.07) is 33.4. The Morgan fingerprint density at radius 2 is 0.862 bits per heavy atom. The first-order valence-corrected chi connectivity index (χ1v) is 19.8. The number of ether oxygens (including phenoxy) is 2. The Balaban J connectivity index is 0.000000209. The van der Waals surface area contributed by atoms with Crippen LogP contribution in [0.15, 0.2) is 109 Å². The number of nitrogens with one attached hydrogen (secondary N) is 2. The lowest BCUT2D eigenvalue weighted by Crippen LogP contribution is -2.45. The number of esters is 2. The number of rotatable bonds is 13. The molecule has 6 rings (SSSR count). The van der Waals surface area contributed by atoms with Crippen molar-refractivity contribution in [2.45, 2.75) is 115 Å². The zero-order valence-corrected chi connectivity index (χ0v) is 33.2. The number of aliphatic carboxylic acids is 2. The van der Waals surface area contributed by atoms with Gasteiger partial charge in [-0.3, -0.25) is 0 Å². The molecule has 2 saturated carbocycles. The van der Waals surface area contributed by atoms with Gasteiger partial charge >= 0.3 is 23.9 Å². The number of carboxylic acids is 2. The van der Waals surface area contributed by atoms with E-state index < -0.39 is 36.1 Å². The molecule has 0 amide bonds. The highest BCUT2D eigenvalue weighted by Gasteiger charge is 2.41. The molecular weight excluding hydrogens is 741 g/mol. The first kappa shape index (κ1) is 45.3. The van der Waals surface area contributed by atoms with E-state index in [0.29, 0.717) is 12.1 Å². The third-order valence-electron chi connectivity index (χ3n) is 10.1. The summed E-state index contributed by atoms with van der Waals surface area (Å²) in [6.07, 6.45) is 4.19. The van der Waals surface area contributed by atoms with Crippen molar-refractivity contribution in [3.63, 3.8) is 0 Å². The average molecular weight is 797 g/mol. The monoisotopic (exact) mass is 796 g/mol. The molecular formula is C46H56N2O10. The van der Waals surface area contributed by atoms with E-state index in [0.717, 1.165) is 49.9 Å². The maximum atomic E-state index is 12.2. The minimum Gasteiger partial charge on any atom is -0.478 e. The average Bonchev–Trinajstić information content (AvgIpc) is 3.23. The van der Waals surface area contributed by atoms with E-state index in [1.165, 1.54) is 61.1 Å². The molecule has 58 heavy (non-hydrogen) atoms. The minimum absolute atomic E-state index is 0.0332. The smallest absolute Gasteiger partial charge is 0.349 e. The van der Waals surface area contributed by atoms with E-state index in [-0.39, 0.29) is 23.3 Å². The van der Waals surface area contributed by atoms with Crippen molar-refractivity contribution in [1.29, 1.82) is 0 Å². The highest BCUT2D eigenvalue weighted by molar-refractivity contribution is 5.95. The standard InChI is InChI=1S/C20H18O8.2C13H19NO/c1-11-3-7-13(8-4-11)19(25)27-15(17(21)22)16(18(23)24)28-20(26)14-9-5-12(2)6-10-14;2*15-13-9-5-4-8-12(13)14-10-11-6-2-1-3-7-11/h3-10,15-16H,1-2H3,(H,21,22)(H,23,24);2*1-3,6-7,12-15H,4-5,8-10H2/t15-,16-;2*12-,13-/m111/s1. The van der Waals surface area contributed by atoms with Crippen LogP contribution in [0.5, 0.6) is 0 Å². The van der Waals surface area contributed by atoms with Crippen molar-refractivity contribution in [1.82, 2.24) is 10.6 Å². The van der Waals surface area contributed by atoms with Gasteiger partial charge in [0.2, 0.25) is 12.2 Å². The molecule has 6 N–H and O–H groups in total. The van der Waals surface area contributed by atoms with Crippen LogP contribution in [0.2, 0.25) is 0 Å². The zero-order valence-electron chi connectivity index (χ0n) is 33.2. The molecule has 310 valence electrons. The van der Waals surface area contributed by atoms with E-state index in [2.05, 4.69) is 34.9 Å². The van der Waals surface area contributed by atoms with Crippen LogP contribution in [0, 0.1) is 13.8 Å². The molecule has 6 atom stereocenters. The van der Waals surface area contributed by atoms with Crippen molar-refractivity contribution in [3.8, 4) is 0 Å². The number of aryl methyl sites for hydroxylation is 2. The molecule has 0 aromatic heterocycles. The summed E-state index contributed by atoms with van der Waals surface area (Å²) in [5.41, 5.74) is 4.37. The second-order valence-electron chi connectivity index (χ2n) is 14.7. The predicted octanol–water partition coefficient (Wildman–Crippen LogP) is 6.38. The zero-order chi connectivity index (χ0) is 41.9. The number of carbonyl (C=O) groups excluding carboxylic acids is 2. The number of aliphatic hydroxyl groups excluding tert-OH is 2. The van der Waals surface area contributed by atoms with Gasteiger partial charge in [-0.25, -0.2) is 19.2 Å². The number of carbonyl (C=O) groups is 4. The van der Waals surface area contributed by atoms with Gasteiger partial charge in [0.1, 0.15) is 0 Å². The largest absolute Gasteiger partial charge is 0.478 e. The fourth-order valence-electron chi connectivity index (χ4n) is 6.62. The fourth-order valence-corrected chi connectivity index (χ4v) is 6.62. The van der Waals surface area contributed by atoms with Gasteiger partial charge in [0.25, 0.3) is 0 Å². The van der Waals surface area contributed by atoms with Crippen LogP contribution in [-0.2, 0) is 32.2 Å². The first-order valence-electron chi connectivity index (χ1n) is 19.8. The van der Waals surface area contributed by atoms with Crippen molar-refractivity contribution in [3.05, 3.63) is 143 Å². The minimum atomic E-state index is -2.22. The van der Waals surface area contributed by atoms with Crippen molar-refractivity contribution < 1.29 is 49.1 Å². The van der Waals surface area contributed by atoms with Crippen LogP contribution in [0.25, 0.3) is 0 Å². The summed E-state index contributed by atoms with van der Waals surface area (Å²) >= 11 is 0. The Labute approximate surface area is 340 Å². The van der Waals surface area contributed by atoms with Gasteiger partial charge in [-0.1, -0.05) is 122 Å². The summed E-state index contributed by atoms with van der Waals surface area (Å²) in [5.74, 6) is -5.62. The Kier molecular flexibility index (Phi) is 18.5. The molecule has 2 aliphatic carbocycles. The molecule has 2 fully saturated rings. The maximum absolute atomic E-state index is 12.2. The Hall–Kier alpha value is -5.40. The maximum Gasteiger partial charge on any atom is 0.349 e. The fraction of sp³-hybridized carbons (Fsp3) is 0.391. The van der Waals surface area contributed by atoms with Crippen LogP contribution < -0.4 is 10.6 Å². The second kappa shape index (κ2) is 23.7. The van der Waals surface area contributed by atoms with Gasteiger partial charge < -0.3 is 40.5 Å². The highest BCUT2D eigenvalue weighted by Crippen LogP contribution is 2.20. The normalized spacial score (nSPS) is 19.7. The summed E-state index contributed by atoms with van der Waals surface area (Å²) < 4.78 is 9.64. The van der Waals surface area contributed by atoms with Gasteiger partial charge in [-0.05, 0) is 74.9 Å². The topological polar surface area (TPSA) is 192 Å². The van der Waals surface area contributed by atoms with Crippen LogP contribution in [0.1, 0.15) is 94.3 Å². The molecule has 0 spiro atoms. The summed E-state index contributed by atoms with van der Waals surface area (Å²) in [7, 11) is 0. The van der Waals surface area contributed by atoms with Crippen LogP contribution in [0.3, 0.4) is 0 Å². The molecule has 4 aromatic rings. The first-order chi connectivity index (χ1) is 27.9. The van der Waals surface area contributed by atoms with Crippen LogP contribution in [0.4, 0.5) is 0 Å². The lowest BCUT2D eigenvalue weighted by atomic mass is 9.92. The van der Waals surface area contributed by atoms with E-state index in [9.17, 15) is 39.6 Å². The summed E-state index contributed by atoms with van der Waals surface area (Å²) in [5, 5.41) is 45.1. The Morgan fingerprint density at radius 3 is 1.17 bits per heavy atom. The lowest BCUT2D eigenvalue weighted by Gasteiger charge is -2.28. The predicted molar refractivity (Wildman–Crippen MR) is 219 cm³/mol. The quantitative estimate of drug-likeness (QED) is 0.0820. The SMILES string of the molecule is Cc1ccc(C(=O)O[C@@H](C(=O)O)[C@@H](OC(=O)c2ccc(C)cc2)C(=O)O)cc1.O[C@@H]1CCCC[C@H]1NCc1ccccc1.O[C@@H]1CCCC[C@H]1NCc1ccccc1. The Morgan fingerprint density at radius 1 is 0.534 bits per heavy atom. The number of hydrogen-bond donors (Lipinski definition) is 6. The molecule has 2 aliphatic rings. The van der Waals surface area contributed by atoms with Gasteiger partial charge in [0.15, 0.2) is 0 Å². The van der Waals surface area contributed by atoms with Crippen molar-refractivity contribution in [2.75, 3.05) is 0 Å². The third-order valence-corrected chi connectivity index (χ3v) is 10.1. The van der Waals surface area contributed by atoms with Gasteiger partial charge in [0.05, 0.1) is 23.3 Å². The summed E-state index contributed by atoms with van der Waals surface area (Å²) in [6.45, 7) is 5.31. The number of aliphatic hydroxyl groups is 2. The lowest BCUT2D eigenvalue weighted by molar-refractivity contribution is -0.166. The molecule has 0 heterocycles. The molecule has 0 unspecified atom stereocenters. The molecule has 0 bridgehead atoms. The second-order valence-corrected chi connectivity index (χ2v) is 14.7. The molecule has 12 nitrogen and oxygen atoms in total. The molecule has 12 heteroatoms. The van der Waals surface area contributed by atoms with E-state index >= 15 is 0 Å². The van der Waals surface area contributed by atoms with Crippen LogP contribution in [-0.4, -0.2) is 80.8 Å². The number of benzene rings is 4. The van der Waals surface area contributed by atoms with Crippen molar-refractivity contribution in [2.24, 2.45) is 0 Å². The van der Waals surface area contributed by atoms with Crippen molar-refractivity contribution >= 4 is 23.9 Å². The van der Waals surface area contributed by atoms with E-state index in [1.54, 1.807) is 38.1 Å². The number of carboxylic acid groups (broad SMARTS) is 2. The Bertz CT molecular complexity index is 1720. The third kappa shape index (κ3) is 15.2. The molecule has 0 aliphatic heterocycles. The molecule has 4 aromatic carbocycles. The van der Waals surface area contributed by atoms with Crippen LogP contribution >= 0.6 is 0 Å². The number of hydrogen-bond acceptors (Lipinski definition) is 10. The van der Waals surface area contributed by atoms with E-state index in [4.69, 9.17) is 9.47 Å². The molecule has 0 radical (unpaired) electrons. The van der Waals surface area contributed by atoms with Gasteiger partial charge in [-0.2, -0.15) is 0 Å². The molecule has 0 saturated heterocycles. The van der Waals surface area contributed by atoms with Gasteiger partial charge in [0, 0.05) is 25.2 Å². The summed E-state index contributed by atoms with van der Waals surface area (Å²) in [4.78, 5) is 47.3. The van der Waals surface area contributed by atoms with E-state index in [1.807, 2.05) is 36.4 Å². The van der Waals surface area contributed by atoms with Gasteiger partial charge in [-0.15, -0.1) is 0 Å². The highest BCUT2D eigenvalue weighted by atomic mass is 16.6.